The molecule has 1 aliphatic heterocycles. The number of carbonyl (C=O) groups is 1. The Morgan fingerprint density at radius 2 is 2.50 bits per heavy atom. The molecule has 0 bridgehead atoms. The zero-order valence-electron chi connectivity index (χ0n) is 6.18. The minimum Gasteiger partial charge on any atom is -0.481 e. The molecule has 1 heterocycles. The maximum Gasteiger partial charge on any atom is 0.305 e. The molecule has 0 aromatic carbocycles. The second-order valence-electron chi connectivity index (χ2n) is 3.16. The first-order valence-corrected chi connectivity index (χ1v) is 3.59. The van der Waals surface area contributed by atoms with Crippen molar-refractivity contribution in [1.82, 2.24) is 5.32 Å². The summed E-state index contributed by atoms with van der Waals surface area (Å²) < 4.78 is 0. The highest BCUT2D eigenvalue weighted by Gasteiger charge is 2.30. The molecule has 2 N–H and O–H groups in total. The normalized spacial score (nSPS) is 32.5. The lowest BCUT2D eigenvalue weighted by Gasteiger charge is -2.21. The fourth-order valence-corrected chi connectivity index (χ4v) is 1.44. The molecule has 0 aliphatic carbocycles. The molecule has 10 heavy (non-hydrogen) atoms. The van der Waals surface area contributed by atoms with Gasteiger partial charge in [0.25, 0.3) is 0 Å². The number of carboxylic acid groups (broad SMARTS) is 1. The Hall–Kier alpha value is -0.570. The lowest BCUT2D eigenvalue weighted by atomic mass is 9.96. The number of carboxylic acids is 1. The second-order valence-corrected chi connectivity index (χ2v) is 3.16. The van der Waals surface area contributed by atoms with Gasteiger partial charge in [0.05, 0.1) is 6.42 Å². The van der Waals surface area contributed by atoms with Crippen molar-refractivity contribution in [2.75, 3.05) is 6.54 Å². The van der Waals surface area contributed by atoms with Crippen LogP contribution in [0.5, 0.6) is 0 Å². The summed E-state index contributed by atoms with van der Waals surface area (Å²) in [5, 5.41) is 11.7. The Balaban J connectivity index is 2.43. The molecule has 1 atom stereocenters. The van der Waals surface area contributed by atoms with Crippen LogP contribution < -0.4 is 5.32 Å². The van der Waals surface area contributed by atoms with E-state index in [-0.39, 0.29) is 12.0 Å². The smallest absolute Gasteiger partial charge is 0.305 e. The van der Waals surface area contributed by atoms with Crippen LogP contribution in [0, 0.1) is 0 Å². The van der Waals surface area contributed by atoms with Gasteiger partial charge in [0.15, 0.2) is 0 Å². The maximum absolute atomic E-state index is 10.3. The van der Waals surface area contributed by atoms with E-state index in [0.717, 1.165) is 19.4 Å². The van der Waals surface area contributed by atoms with Gasteiger partial charge >= 0.3 is 5.97 Å². The minimum absolute atomic E-state index is 0.133. The molecule has 0 amide bonds. The first-order chi connectivity index (χ1) is 4.62. The van der Waals surface area contributed by atoms with Crippen LogP contribution in [-0.4, -0.2) is 23.2 Å². The summed E-state index contributed by atoms with van der Waals surface area (Å²) in [6.45, 7) is 2.93. The van der Waals surface area contributed by atoms with Crippen molar-refractivity contribution >= 4 is 5.97 Å². The molecule has 0 saturated carbocycles. The lowest BCUT2D eigenvalue weighted by Crippen LogP contribution is -2.38. The summed E-state index contributed by atoms with van der Waals surface area (Å²) >= 11 is 0. The number of hydrogen-bond acceptors (Lipinski definition) is 2. The molecule has 58 valence electrons. The molecule has 0 aromatic heterocycles. The molecule has 1 rings (SSSR count). The van der Waals surface area contributed by atoms with Crippen molar-refractivity contribution in [3.63, 3.8) is 0 Å². The highest BCUT2D eigenvalue weighted by Crippen LogP contribution is 2.21. The van der Waals surface area contributed by atoms with Gasteiger partial charge in [0.1, 0.15) is 0 Å². The zero-order valence-corrected chi connectivity index (χ0v) is 6.18. The van der Waals surface area contributed by atoms with E-state index >= 15 is 0 Å². The predicted molar refractivity (Wildman–Crippen MR) is 37.9 cm³/mol. The number of nitrogens with one attached hydrogen (secondary N) is 1. The van der Waals surface area contributed by atoms with E-state index in [0.29, 0.717) is 0 Å². The van der Waals surface area contributed by atoms with Gasteiger partial charge in [-0.2, -0.15) is 0 Å². The molecule has 3 heteroatoms. The quantitative estimate of drug-likeness (QED) is 0.595. The Bertz CT molecular complexity index is 139. The van der Waals surface area contributed by atoms with Crippen LogP contribution >= 0.6 is 0 Å². The molecule has 0 unspecified atom stereocenters. The SMILES string of the molecule is C[C@@]1(CC(=O)O)CCCN1. The van der Waals surface area contributed by atoms with Gasteiger partial charge in [-0.25, -0.2) is 0 Å². The molecule has 0 aromatic rings. The maximum atomic E-state index is 10.3. The first-order valence-electron chi connectivity index (χ1n) is 3.59. The molecule has 3 nitrogen and oxygen atoms in total. The summed E-state index contributed by atoms with van der Waals surface area (Å²) in [6, 6.07) is 0. The van der Waals surface area contributed by atoms with E-state index in [1.54, 1.807) is 0 Å². The minimum atomic E-state index is -0.711. The summed E-state index contributed by atoms with van der Waals surface area (Å²) in [5.74, 6) is -0.711. The van der Waals surface area contributed by atoms with Crippen LogP contribution in [0.4, 0.5) is 0 Å². The van der Waals surface area contributed by atoms with Gasteiger partial charge in [-0.3, -0.25) is 4.79 Å². The molecule has 0 spiro atoms. The monoisotopic (exact) mass is 143 g/mol. The highest BCUT2D eigenvalue weighted by molar-refractivity contribution is 5.68. The fraction of sp³-hybridized carbons (Fsp3) is 0.857. The third-order valence-corrected chi connectivity index (χ3v) is 2.00. The average molecular weight is 143 g/mol. The van der Waals surface area contributed by atoms with Gasteiger partial charge in [-0.1, -0.05) is 0 Å². The van der Waals surface area contributed by atoms with Crippen molar-refractivity contribution in [3.8, 4) is 0 Å². The number of aliphatic carboxylic acids is 1. The molecule has 1 saturated heterocycles. The van der Waals surface area contributed by atoms with E-state index in [1.807, 2.05) is 6.92 Å². The largest absolute Gasteiger partial charge is 0.481 e. The molecule has 0 radical (unpaired) electrons. The van der Waals surface area contributed by atoms with Crippen LogP contribution in [0.1, 0.15) is 26.2 Å². The van der Waals surface area contributed by atoms with Crippen LogP contribution in [0.15, 0.2) is 0 Å². The summed E-state index contributed by atoms with van der Waals surface area (Å²) in [6.07, 6.45) is 2.33. The Labute approximate surface area is 60.4 Å². The number of hydrogen-bond donors (Lipinski definition) is 2. The van der Waals surface area contributed by atoms with E-state index in [9.17, 15) is 4.79 Å². The van der Waals surface area contributed by atoms with Gasteiger partial charge in [0.2, 0.25) is 0 Å². The number of rotatable bonds is 2. The first kappa shape index (κ1) is 7.54. The Morgan fingerprint density at radius 3 is 2.90 bits per heavy atom. The topological polar surface area (TPSA) is 49.3 Å². The standard InChI is InChI=1S/C7H13NO2/c1-7(5-6(9)10)3-2-4-8-7/h8H,2-5H2,1H3,(H,9,10)/t7-/m0/s1. The van der Waals surface area contributed by atoms with Crippen LogP contribution in [0.3, 0.4) is 0 Å². The third-order valence-electron chi connectivity index (χ3n) is 2.00. The van der Waals surface area contributed by atoms with Crippen molar-refractivity contribution < 1.29 is 9.90 Å². The Kier molecular flexibility index (Phi) is 1.94. The molecular formula is C7H13NO2. The van der Waals surface area contributed by atoms with E-state index in [2.05, 4.69) is 5.32 Å². The predicted octanol–water partition coefficient (Wildman–Crippen LogP) is 0.603. The highest BCUT2D eigenvalue weighted by atomic mass is 16.4. The van der Waals surface area contributed by atoms with Gasteiger partial charge in [-0.05, 0) is 26.3 Å². The molecule has 1 aliphatic rings. The Morgan fingerprint density at radius 1 is 1.80 bits per heavy atom. The van der Waals surface area contributed by atoms with E-state index in [4.69, 9.17) is 5.11 Å². The molecular weight excluding hydrogens is 130 g/mol. The van der Waals surface area contributed by atoms with Crippen molar-refractivity contribution in [1.29, 1.82) is 0 Å². The lowest BCUT2D eigenvalue weighted by molar-refractivity contribution is -0.138. The summed E-state index contributed by atoms with van der Waals surface area (Å²) in [7, 11) is 0. The average Bonchev–Trinajstić information content (AvgIpc) is 2.12. The van der Waals surface area contributed by atoms with Gasteiger partial charge in [-0.15, -0.1) is 0 Å². The van der Waals surface area contributed by atoms with Crippen LogP contribution in [-0.2, 0) is 4.79 Å². The second kappa shape index (κ2) is 2.58. The van der Waals surface area contributed by atoms with Gasteiger partial charge in [0, 0.05) is 5.54 Å². The zero-order chi connectivity index (χ0) is 7.61. The van der Waals surface area contributed by atoms with Crippen molar-refractivity contribution in [2.45, 2.75) is 31.7 Å². The fourth-order valence-electron chi connectivity index (χ4n) is 1.44. The summed E-state index contributed by atoms with van der Waals surface area (Å²) in [4.78, 5) is 10.3. The molecule has 1 fully saturated rings. The van der Waals surface area contributed by atoms with E-state index in [1.165, 1.54) is 0 Å². The van der Waals surface area contributed by atoms with Crippen LogP contribution in [0.2, 0.25) is 0 Å². The summed E-state index contributed by atoms with van der Waals surface area (Å²) in [5.41, 5.74) is -0.133. The third kappa shape index (κ3) is 1.70. The van der Waals surface area contributed by atoms with Crippen LogP contribution in [0.25, 0.3) is 0 Å². The van der Waals surface area contributed by atoms with Gasteiger partial charge < -0.3 is 10.4 Å². The van der Waals surface area contributed by atoms with E-state index < -0.39 is 5.97 Å². The van der Waals surface area contributed by atoms with Crippen molar-refractivity contribution in [2.24, 2.45) is 0 Å². The van der Waals surface area contributed by atoms with Crippen molar-refractivity contribution in [3.05, 3.63) is 0 Å².